The molecule has 1 aromatic carbocycles. The first kappa shape index (κ1) is 12.4. The number of hydrogen-bond donors (Lipinski definition) is 1. The zero-order valence-electron chi connectivity index (χ0n) is 11.0. The van der Waals surface area contributed by atoms with Gasteiger partial charge in [0.25, 0.3) is 0 Å². The number of nitrogens with two attached hydrogens (primary N) is 1. The molecule has 0 spiro atoms. The number of nitrogen functional groups attached to an aromatic ring is 1. The first-order valence-electron chi connectivity index (χ1n) is 6.51. The molecule has 0 aliphatic carbocycles. The van der Waals surface area contributed by atoms with Crippen LogP contribution in [0.3, 0.4) is 0 Å². The SMILES string of the molecule is Nc1cccnc1C(c1ccccc1)c1cccnc1. The summed E-state index contributed by atoms with van der Waals surface area (Å²) < 4.78 is 0. The second-order valence-electron chi connectivity index (χ2n) is 4.61. The van der Waals surface area contributed by atoms with Crippen molar-refractivity contribution in [1.82, 2.24) is 9.97 Å². The quantitative estimate of drug-likeness (QED) is 0.787. The molecule has 3 aromatic rings. The van der Waals surface area contributed by atoms with E-state index >= 15 is 0 Å². The van der Waals surface area contributed by atoms with E-state index in [9.17, 15) is 0 Å². The normalized spacial score (nSPS) is 12.0. The summed E-state index contributed by atoms with van der Waals surface area (Å²) in [5.41, 5.74) is 9.93. The van der Waals surface area contributed by atoms with E-state index in [4.69, 9.17) is 5.73 Å². The van der Waals surface area contributed by atoms with Crippen molar-refractivity contribution in [1.29, 1.82) is 0 Å². The van der Waals surface area contributed by atoms with Crippen LogP contribution in [0.5, 0.6) is 0 Å². The van der Waals surface area contributed by atoms with Gasteiger partial charge in [-0.05, 0) is 29.3 Å². The largest absolute Gasteiger partial charge is 0.397 e. The molecule has 0 aliphatic heterocycles. The average molecular weight is 261 g/mol. The molecule has 2 aromatic heterocycles. The summed E-state index contributed by atoms with van der Waals surface area (Å²) in [6, 6.07) is 18.0. The molecule has 1 atom stereocenters. The second-order valence-corrected chi connectivity index (χ2v) is 4.61. The van der Waals surface area contributed by atoms with Crippen molar-refractivity contribution in [3.63, 3.8) is 0 Å². The number of pyridine rings is 2. The molecule has 3 nitrogen and oxygen atoms in total. The Balaban J connectivity index is 2.17. The molecule has 0 radical (unpaired) electrons. The van der Waals surface area contributed by atoms with E-state index in [2.05, 4.69) is 28.2 Å². The average Bonchev–Trinajstić information content (AvgIpc) is 2.52. The lowest BCUT2D eigenvalue weighted by molar-refractivity contribution is 0.914. The fourth-order valence-electron chi connectivity index (χ4n) is 2.37. The molecule has 1 unspecified atom stereocenters. The van der Waals surface area contributed by atoms with Crippen molar-refractivity contribution in [3.8, 4) is 0 Å². The number of benzene rings is 1. The van der Waals surface area contributed by atoms with Gasteiger partial charge >= 0.3 is 0 Å². The first-order chi connectivity index (χ1) is 9.86. The van der Waals surface area contributed by atoms with Crippen LogP contribution in [0.25, 0.3) is 0 Å². The van der Waals surface area contributed by atoms with E-state index in [1.54, 1.807) is 12.4 Å². The predicted octanol–water partition coefficient (Wildman–Crippen LogP) is 3.24. The third-order valence-corrected chi connectivity index (χ3v) is 3.30. The van der Waals surface area contributed by atoms with Crippen LogP contribution in [-0.4, -0.2) is 9.97 Å². The van der Waals surface area contributed by atoms with Crippen LogP contribution in [0.2, 0.25) is 0 Å². The molecular weight excluding hydrogens is 246 g/mol. The zero-order valence-corrected chi connectivity index (χ0v) is 11.0. The lowest BCUT2D eigenvalue weighted by Crippen LogP contribution is -2.08. The van der Waals surface area contributed by atoms with Crippen molar-refractivity contribution in [2.45, 2.75) is 5.92 Å². The van der Waals surface area contributed by atoms with E-state index < -0.39 is 0 Å². The predicted molar refractivity (Wildman–Crippen MR) is 80.3 cm³/mol. The first-order valence-corrected chi connectivity index (χ1v) is 6.51. The minimum atomic E-state index is 0.00565. The maximum atomic E-state index is 6.11. The molecule has 0 fully saturated rings. The molecule has 3 heteroatoms. The van der Waals surface area contributed by atoms with Crippen LogP contribution in [0, 0.1) is 0 Å². The molecule has 2 heterocycles. The lowest BCUT2D eigenvalue weighted by atomic mass is 9.88. The number of hydrogen-bond acceptors (Lipinski definition) is 3. The van der Waals surface area contributed by atoms with Gasteiger partial charge in [-0.15, -0.1) is 0 Å². The molecule has 0 aliphatic rings. The van der Waals surface area contributed by atoms with Crippen LogP contribution >= 0.6 is 0 Å². The van der Waals surface area contributed by atoms with Gasteiger partial charge in [0.15, 0.2) is 0 Å². The van der Waals surface area contributed by atoms with Gasteiger partial charge in [0, 0.05) is 18.6 Å². The summed E-state index contributed by atoms with van der Waals surface area (Å²) in [4.78, 5) is 8.70. The summed E-state index contributed by atoms with van der Waals surface area (Å²) >= 11 is 0. The van der Waals surface area contributed by atoms with Crippen molar-refractivity contribution >= 4 is 5.69 Å². The Labute approximate surface area is 118 Å². The summed E-state index contributed by atoms with van der Waals surface area (Å²) in [5.74, 6) is 0.00565. The number of rotatable bonds is 3. The molecule has 98 valence electrons. The Morgan fingerprint density at radius 3 is 2.25 bits per heavy atom. The van der Waals surface area contributed by atoms with Crippen LogP contribution in [0.15, 0.2) is 73.2 Å². The molecule has 0 saturated heterocycles. The summed E-state index contributed by atoms with van der Waals surface area (Å²) in [7, 11) is 0. The highest BCUT2D eigenvalue weighted by molar-refractivity contribution is 5.51. The van der Waals surface area contributed by atoms with E-state index in [0.717, 1.165) is 16.8 Å². The van der Waals surface area contributed by atoms with Crippen LogP contribution in [0.4, 0.5) is 5.69 Å². The molecule has 0 bridgehead atoms. The Hall–Kier alpha value is -2.68. The monoisotopic (exact) mass is 261 g/mol. The fourth-order valence-corrected chi connectivity index (χ4v) is 2.37. The van der Waals surface area contributed by atoms with Crippen molar-refractivity contribution in [2.75, 3.05) is 5.73 Å². The van der Waals surface area contributed by atoms with Gasteiger partial charge in [-0.1, -0.05) is 36.4 Å². The van der Waals surface area contributed by atoms with Gasteiger partial charge in [-0.2, -0.15) is 0 Å². The highest BCUT2D eigenvalue weighted by Crippen LogP contribution is 2.32. The van der Waals surface area contributed by atoms with E-state index in [1.165, 1.54) is 0 Å². The maximum absolute atomic E-state index is 6.11. The second kappa shape index (κ2) is 5.53. The van der Waals surface area contributed by atoms with Gasteiger partial charge in [0.2, 0.25) is 0 Å². The summed E-state index contributed by atoms with van der Waals surface area (Å²) in [6.07, 6.45) is 5.41. The Morgan fingerprint density at radius 2 is 1.55 bits per heavy atom. The number of anilines is 1. The van der Waals surface area contributed by atoms with Gasteiger partial charge in [-0.25, -0.2) is 0 Å². The standard InChI is InChI=1S/C17H15N3/c18-15-9-5-11-20-17(15)16(13-6-2-1-3-7-13)14-8-4-10-19-12-14/h1-12,16H,18H2. The lowest BCUT2D eigenvalue weighted by Gasteiger charge is -2.18. The van der Waals surface area contributed by atoms with E-state index in [-0.39, 0.29) is 5.92 Å². The number of nitrogens with zero attached hydrogens (tertiary/aromatic N) is 2. The van der Waals surface area contributed by atoms with E-state index in [1.807, 2.05) is 42.6 Å². The van der Waals surface area contributed by atoms with Crippen molar-refractivity contribution in [2.24, 2.45) is 0 Å². The molecule has 0 amide bonds. The third-order valence-electron chi connectivity index (χ3n) is 3.30. The molecular formula is C17H15N3. The summed E-state index contributed by atoms with van der Waals surface area (Å²) in [5, 5.41) is 0. The maximum Gasteiger partial charge on any atom is 0.0751 e. The van der Waals surface area contributed by atoms with Gasteiger partial charge in [0.1, 0.15) is 0 Å². The number of aromatic nitrogens is 2. The Morgan fingerprint density at radius 1 is 0.800 bits per heavy atom. The zero-order chi connectivity index (χ0) is 13.8. The third kappa shape index (κ3) is 2.38. The van der Waals surface area contributed by atoms with E-state index in [0.29, 0.717) is 5.69 Å². The smallest absolute Gasteiger partial charge is 0.0751 e. The van der Waals surface area contributed by atoms with Crippen molar-refractivity contribution in [3.05, 3.63) is 90.0 Å². The highest BCUT2D eigenvalue weighted by Gasteiger charge is 2.20. The minimum absolute atomic E-state index is 0.00565. The summed E-state index contributed by atoms with van der Waals surface area (Å²) in [6.45, 7) is 0. The van der Waals surface area contributed by atoms with Gasteiger partial charge in [0.05, 0.1) is 17.3 Å². The van der Waals surface area contributed by atoms with Crippen LogP contribution < -0.4 is 5.73 Å². The Kier molecular flexibility index (Phi) is 3.42. The molecule has 0 saturated carbocycles. The Bertz CT molecular complexity index is 641. The van der Waals surface area contributed by atoms with Gasteiger partial charge < -0.3 is 5.73 Å². The molecule has 20 heavy (non-hydrogen) atoms. The fraction of sp³-hybridized carbons (Fsp3) is 0.0588. The highest BCUT2D eigenvalue weighted by atomic mass is 14.7. The minimum Gasteiger partial charge on any atom is -0.397 e. The molecule has 3 rings (SSSR count). The topological polar surface area (TPSA) is 51.8 Å². The van der Waals surface area contributed by atoms with Gasteiger partial charge in [-0.3, -0.25) is 9.97 Å². The van der Waals surface area contributed by atoms with Crippen LogP contribution in [0.1, 0.15) is 22.7 Å². The molecule has 2 N–H and O–H groups in total. The van der Waals surface area contributed by atoms with Crippen LogP contribution in [-0.2, 0) is 0 Å². The van der Waals surface area contributed by atoms with Crippen molar-refractivity contribution < 1.29 is 0 Å².